The maximum Gasteiger partial charge on any atom is 0.410 e. The number of benzene rings is 2. The molecule has 31 heavy (non-hydrogen) atoms. The predicted molar refractivity (Wildman–Crippen MR) is 110 cm³/mol. The first-order valence-electron chi connectivity index (χ1n) is 9.69. The molecule has 2 aromatic carbocycles. The molecule has 0 spiro atoms. The molecule has 2 N–H and O–H groups in total. The predicted octanol–water partition coefficient (Wildman–Crippen LogP) is 5.11. The van der Waals surface area contributed by atoms with Gasteiger partial charge in [0, 0.05) is 18.2 Å². The zero-order valence-electron chi connectivity index (χ0n) is 16.9. The smallest absolute Gasteiger partial charge is 0.410 e. The molecule has 1 amide bonds. The molecular weight excluding hydrogens is 409 g/mol. The van der Waals surface area contributed by atoms with Crippen LogP contribution < -0.4 is 15.4 Å². The van der Waals surface area contributed by atoms with Crippen molar-refractivity contribution in [2.24, 2.45) is 0 Å². The molecule has 1 aliphatic rings. The minimum Gasteiger partial charge on any atom is -0.497 e. The van der Waals surface area contributed by atoms with Crippen molar-refractivity contribution in [3.05, 3.63) is 71.4 Å². The number of carbonyl (C=O) groups is 1. The van der Waals surface area contributed by atoms with E-state index in [4.69, 9.17) is 4.74 Å². The van der Waals surface area contributed by atoms with E-state index in [0.717, 1.165) is 10.2 Å². The minimum absolute atomic E-state index is 0.0901. The van der Waals surface area contributed by atoms with Gasteiger partial charge in [0.2, 0.25) is 0 Å². The molecule has 4 rings (SSSR count). The van der Waals surface area contributed by atoms with Crippen molar-refractivity contribution in [3.8, 4) is 5.75 Å². The van der Waals surface area contributed by atoms with E-state index >= 15 is 0 Å². The number of nitrogens with one attached hydrogen (secondary N) is 2. The van der Waals surface area contributed by atoms with Crippen molar-refractivity contribution in [1.29, 1.82) is 0 Å². The fourth-order valence-electron chi connectivity index (χ4n) is 3.57. The van der Waals surface area contributed by atoms with Crippen LogP contribution in [0.2, 0.25) is 0 Å². The Kier molecular flexibility index (Phi) is 5.34. The van der Waals surface area contributed by atoms with E-state index in [9.17, 15) is 18.0 Å². The van der Waals surface area contributed by atoms with Crippen LogP contribution in [0.1, 0.15) is 40.1 Å². The first-order valence-corrected chi connectivity index (χ1v) is 9.69. The molecule has 0 aliphatic carbocycles. The molecule has 2 heterocycles. The van der Waals surface area contributed by atoms with Crippen molar-refractivity contribution < 1.29 is 22.7 Å². The van der Waals surface area contributed by atoms with Crippen molar-refractivity contribution in [1.82, 2.24) is 9.78 Å². The van der Waals surface area contributed by atoms with Crippen molar-refractivity contribution in [2.45, 2.75) is 31.6 Å². The van der Waals surface area contributed by atoms with E-state index in [1.165, 1.54) is 13.2 Å². The van der Waals surface area contributed by atoms with Gasteiger partial charge in [0.05, 0.1) is 13.2 Å². The lowest BCUT2D eigenvalue weighted by atomic mass is 9.97. The van der Waals surface area contributed by atoms with Gasteiger partial charge in [-0.1, -0.05) is 29.8 Å². The number of aryl methyl sites for hydroxylation is 1. The van der Waals surface area contributed by atoms with Crippen LogP contribution in [-0.2, 0) is 0 Å². The summed E-state index contributed by atoms with van der Waals surface area (Å²) < 4.78 is 47.4. The van der Waals surface area contributed by atoms with Crippen LogP contribution in [0.3, 0.4) is 0 Å². The normalized spacial score (nSPS) is 18.1. The van der Waals surface area contributed by atoms with E-state index in [2.05, 4.69) is 15.7 Å². The minimum atomic E-state index is -4.52. The Morgan fingerprint density at radius 3 is 2.45 bits per heavy atom. The highest BCUT2D eigenvalue weighted by Gasteiger charge is 2.46. The van der Waals surface area contributed by atoms with Crippen molar-refractivity contribution in [2.75, 3.05) is 17.7 Å². The van der Waals surface area contributed by atoms with Gasteiger partial charge >= 0.3 is 6.18 Å². The Morgan fingerprint density at radius 2 is 1.84 bits per heavy atom. The van der Waals surface area contributed by atoms with Gasteiger partial charge in [0.15, 0.2) is 11.7 Å². The van der Waals surface area contributed by atoms with Gasteiger partial charge in [-0.2, -0.15) is 18.3 Å². The highest BCUT2D eigenvalue weighted by Crippen LogP contribution is 2.43. The summed E-state index contributed by atoms with van der Waals surface area (Å²) in [5.41, 5.74) is 2.16. The quantitative estimate of drug-likeness (QED) is 0.603. The van der Waals surface area contributed by atoms with Gasteiger partial charge in [-0.25, -0.2) is 4.68 Å². The molecule has 1 aromatic heterocycles. The van der Waals surface area contributed by atoms with Gasteiger partial charge in [-0.3, -0.25) is 4.79 Å². The third-order valence-electron chi connectivity index (χ3n) is 5.25. The van der Waals surface area contributed by atoms with Crippen LogP contribution >= 0.6 is 0 Å². The molecule has 0 saturated carbocycles. The molecule has 0 saturated heterocycles. The van der Waals surface area contributed by atoms with Crippen LogP contribution in [0.25, 0.3) is 0 Å². The van der Waals surface area contributed by atoms with E-state index < -0.39 is 24.2 Å². The number of hydrogen-bond acceptors (Lipinski definition) is 4. The number of nitrogens with zero attached hydrogens (tertiary/aromatic N) is 2. The molecule has 162 valence electrons. The second-order valence-corrected chi connectivity index (χ2v) is 7.44. The molecule has 0 bridgehead atoms. The molecular formula is C22H21F3N4O2. The number of anilines is 2. The first-order chi connectivity index (χ1) is 14.7. The van der Waals surface area contributed by atoms with E-state index in [0.29, 0.717) is 17.0 Å². The topological polar surface area (TPSA) is 68.2 Å². The Labute approximate surface area is 177 Å². The SMILES string of the molecule is COc1ccc([C@@H]2C[C@@H](C(F)(F)F)n3nc(C(=O)Nc4ccc(C)cc4)cc3N2)cc1. The van der Waals surface area contributed by atoms with Crippen LogP contribution in [0.15, 0.2) is 54.6 Å². The van der Waals surface area contributed by atoms with Crippen LogP contribution in [0.4, 0.5) is 24.7 Å². The number of aromatic nitrogens is 2. The number of carbonyl (C=O) groups excluding carboxylic acids is 1. The molecule has 0 unspecified atom stereocenters. The van der Waals surface area contributed by atoms with Crippen molar-refractivity contribution in [3.63, 3.8) is 0 Å². The number of amides is 1. The van der Waals surface area contributed by atoms with Crippen LogP contribution in [0.5, 0.6) is 5.75 Å². The van der Waals surface area contributed by atoms with Crippen molar-refractivity contribution >= 4 is 17.4 Å². The number of ether oxygens (including phenoxy) is 1. The zero-order valence-corrected chi connectivity index (χ0v) is 16.9. The lowest BCUT2D eigenvalue weighted by Gasteiger charge is -2.33. The Hall–Kier alpha value is -3.49. The fourth-order valence-corrected chi connectivity index (χ4v) is 3.57. The second-order valence-electron chi connectivity index (χ2n) is 7.44. The first kappa shape index (κ1) is 20.8. The Balaban J connectivity index is 1.62. The summed E-state index contributed by atoms with van der Waals surface area (Å²) >= 11 is 0. The highest BCUT2D eigenvalue weighted by molar-refractivity contribution is 6.03. The standard InChI is InChI=1S/C22H21F3N4O2/c1-13-3-7-15(8-4-13)26-21(30)18-12-20-27-17(14-5-9-16(31-2)10-6-14)11-19(22(23,24)25)29(20)28-18/h3-10,12,17,19,27H,11H2,1-2H3,(H,26,30)/t17-,19-/m0/s1. The summed E-state index contributed by atoms with van der Waals surface area (Å²) in [4.78, 5) is 12.6. The zero-order chi connectivity index (χ0) is 22.2. The third kappa shape index (κ3) is 4.35. The summed E-state index contributed by atoms with van der Waals surface area (Å²) in [6, 6.07) is 12.9. The second kappa shape index (κ2) is 7.98. The molecule has 2 atom stereocenters. The Morgan fingerprint density at radius 1 is 1.16 bits per heavy atom. The molecule has 9 heteroatoms. The largest absolute Gasteiger partial charge is 0.497 e. The summed E-state index contributed by atoms with van der Waals surface area (Å²) in [5.74, 6) is 0.185. The van der Waals surface area contributed by atoms with Gasteiger partial charge < -0.3 is 15.4 Å². The van der Waals surface area contributed by atoms with Gasteiger partial charge in [-0.05, 0) is 36.8 Å². The third-order valence-corrected chi connectivity index (χ3v) is 5.25. The van der Waals surface area contributed by atoms with Gasteiger partial charge in [-0.15, -0.1) is 0 Å². The summed E-state index contributed by atoms with van der Waals surface area (Å²) in [5, 5.41) is 9.72. The molecule has 0 radical (unpaired) electrons. The lowest BCUT2D eigenvalue weighted by Crippen LogP contribution is -2.35. The van der Waals surface area contributed by atoms with E-state index in [-0.39, 0.29) is 17.9 Å². The number of alkyl halides is 3. The van der Waals surface area contributed by atoms with E-state index in [1.54, 1.807) is 36.4 Å². The summed E-state index contributed by atoms with van der Waals surface area (Å²) in [6.07, 6.45) is -4.76. The molecule has 3 aromatic rings. The Bertz CT molecular complexity index is 1080. The number of rotatable bonds is 4. The van der Waals surface area contributed by atoms with E-state index in [1.807, 2.05) is 19.1 Å². The molecule has 1 aliphatic heterocycles. The summed E-state index contributed by atoms with van der Waals surface area (Å²) in [6.45, 7) is 1.91. The van der Waals surface area contributed by atoms with Crippen LogP contribution in [-0.4, -0.2) is 29.0 Å². The number of fused-ring (bicyclic) bond motifs is 1. The average Bonchev–Trinajstić information content (AvgIpc) is 3.18. The number of methoxy groups -OCH3 is 1. The highest BCUT2D eigenvalue weighted by atomic mass is 19.4. The fraction of sp³-hybridized carbons (Fsp3) is 0.273. The monoisotopic (exact) mass is 430 g/mol. The average molecular weight is 430 g/mol. The lowest BCUT2D eigenvalue weighted by molar-refractivity contribution is -0.173. The van der Waals surface area contributed by atoms with Gasteiger partial charge in [0.1, 0.15) is 11.6 Å². The van der Waals surface area contributed by atoms with Gasteiger partial charge in [0.25, 0.3) is 5.91 Å². The summed E-state index contributed by atoms with van der Waals surface area (Å²) in [7, 11) is 1.52. The maximum absolute atomic E-state index is 13.8. The molecule has 0 fully saturated rings. The maximum atomic E-state index is 13.8. The van der Waals surface area contributed by atoms with Crippen LogP contribution in [0, 0.1) is 6.92 Å². The number of hydrogen-bond donors (Lipinski definition) is 2. The number of halogens is 3. The molecule has 6 nitrogen and oxygen atoms in total.